The molecule has 4 nitrogen and oxygen atoms in total. The molecule has 1 aliphatic rings. The summed E-state index contributed by atoms with van der Waals surface area (Å²) in [4.78, 5) is 8.77. The first-order chi connectivity index (χ1) is 9.23. The van der Waals surface area contributed by atoms with Crippen LogP contribution in [0, 0.1) is 18.3 Å². The molecule has 1 fully saturated rings. The molecule has 3 rings (SSSR count). The number of ether oxygens (including phenoxy) is 1. The van der Waals surface area contributed by atoms with Crippen LogP contribution in [0.4, 0.5) is 0 Å². The highest BCUT2D eigenvalue weighted by molar-refractivity contribution is 5.59. The maximum Gasteiger partial charge on any atom is 0.163 e. The van der Waals surface area contributed by atoms with Gasteiger partial charge >= 0.3 is 0 Å². The predicted molar refractivity (Wildman–Crippen MR) is 70.3 cm³/mol. The van der Waals surface area contributed by atoms with E-state index in [0.717, 1.165) is 11.3 Å². The minimum Gasteiger partial charge on any atom is -0.377 e. The van der Waals surface area contributed by atoms with Gasteiger partial charge in [0.1, 0.15) is 0 Å². The van der Waals surface area contributed by atoms with E-state index in [1.54, 1.807) is 6.20 Å². The Kier molecular flexibility index (Phi) is 2.77. The van der Waals surface area contributed by atoms with Crippen LogP contribution >= 0.6 is 0 Å². The highest BCUT2D eigenvalue weighted by Gasteiger charge is 2.43. The van der Waals surface area contributed by atoms with E-state index in [1.165, 1.54) is 5.56 Å². The van der Waals surface area contributed by atoms with Crippen molar-refractivity contribution in [2.75, 3.05) is 13.2 Å². The summed E-state index contributed by atoms with van der Waals surface area (Å²) >= 11 is 0. The maximum absolute atomic E-state index is 9.29. The van der Waals surface area contributed by atoms with E-state index >= 15 is 0 Å². The fourth-order valence-corrected chi connectivity index (χ4v) is 2.10. The van der Waals surface area contributed by atoms with Crippen LogP contribution in [0.3, 0.4) is 0 Å². The normalized spacial score (nSPS) is 16.4. The lowest BCUT2D eigenvalue weighted by Crippen LogP contribution is -2.46. The van der Waals surface area contributed by atoms with Gasteiger partial charge in [0.15, 0.2) is 11.2 Å². The zero-order valence-electron chi connectivity index (χ0n) is 10.6. The number of aryl methyl sites for hydroxylation is 1. The molecular weight excluding hydrogens is 238 g/mol. The highest BCUT2D eigenvalue weighted by atomic mass is 16.5. The average molecular weight is 251 g/mol. The molecule has 0 amide bonds. The SMILES string of the molecule is Cc1cccc(-c2ccnc(C3(C#N)COC3)n2)c1. The Bertz CT molecular complexity index is 656. The Morgan fingerprint density at radius 1 is 1.32 bits per heavy atom. The quantitative estimate of drug-likeness (QED) is 0.821. The summed E-state index contributed by atoms with van der Waals surface area (Å²) in [5, 5.41) is 9.29. The van der Waals surface area contributed by atoms with Gasteiger partial charge in [-0.1, -0.05) is 23.8 Å². The number of hydrogen-bond donors (Lipinski definition) is 0. The second-order valence-electron chi connectivity index (χ2n) is 4.82. The molecule has 94 valence electrons. The molecule has 0 saturated carbocycles. The third kappa shape index (κ3) is 1.98. The maximum atomic E-state index is 9.29. The van der Waals surface area contributed by atoms with E-state index in [1.807, 2.05) is 31.2 Å². The third-order valence-electron chi connectivity index (χ3n) is 3.31. The first-order valence-corrected chi connectivity index (χ1v) is 6.13. The summed E-state index contributed by atoms with van der Waals surface area (Å²) in [5.41, 5.74) is 2.40. The molecule has 1 aromatic heterocycles. The molecular formula is C15H13N3O. The smallest absolute Gasteiger partial charge is 0.163 e. The lowest BCUT2D eigenvalue weighted by Gasteiger charge is -2.33. The van der Waals surface area contributed by atoms with Crippen LogP contribution in [0.2, 0.25) is 0 Å². The number of hydrogen-bond acceptors (Lipinski definition) is 4. The van der Waals surface area contributed by atoms with Crippen LogP contribution in [0.25, 0.3) is 11.3 Å². The summed E-state index contributed by atoms with van der Waals surface area (Å²) in [6.07, 6.45) is 1.71. The molecule has 4 heteroatoms. The van der Waals surface area contributed by atoms with Crippen LogP contribution < -0.4 is 0 Å². The standard InChI is InChI=1S/C15H13N3O/c1-11-3-2-4-12(7-11)13-5-6-17-14(18-13)15(8-16)9-19-10-15/h2-7H,9-10H2,1H3. The number of benzene rings is 1. The highest BCUT2D eigenvalue weighted by Crippen LogP contribution is 2.30. The van der Waals surface area contributed by atoms with E-state index in [2.05, 4.69) is 22.1 Å². The van der Waals surface area contributed by atoms with E-state index in [9.17, 15) is 5.26 Å². The van der Waals surface area contributed by atoms with Crippen molar-refractivity contribution in [3.05, 3.63) is 47.9 Å². The molecule has 0 aliphatic carbocycles. The second-order valence-corrected chi connectivity index (χ2v) is 4.82. The van der Waals surface area contributed by atoms with Gasteiger partial charge in [0.2, 0.25) is 0 Å². The average Bonchev–Trinajstić information content (AvgIpc) is 2.39. The topological polar surface area (TPSA) is 58.8 Å². The van der Waals surface area contributed by atoms with Crippen LogP contribution in [0.5, 0.6) is 0 Å². The molecule has 2 aromatic rings. The molecule has 0 atom stereocenters. The van der Waals surface area contributed by atoms with Gasteiger partial charge < -0.3 is 4.74 Å². The minimum atomic E-state index is -0.667. The van der Waals surface area contributed by atoms with Crippen molar-refractivity contribution in [3.63, 3.8) is 0 Å². The Morgan fingerprint density at radius 2 is 2.16 bits per heavy atom. The minimum absolute atomic E-state index is 0.376. The van der Waals surface area contributed by atoms with Crippen LogP contribution in [-0.4, -0.2) is 23.2 Å². The molecule has 0 radical (unpaired) electrons. The third-order valence-corrected chi connectivity index (χ3v) is 3.31. The zero-order chi connectivity index (χ0) is 13.3. The van der Waals surface area contributed by atoms with Crippen molar-refractivity contribution in [1.29, 1.82) is 5.26 Å². The molecule has 1 saturated heterocycles. The summed E-state index contributed by atoms with van der Waals surface area (Å²) in [6.45, 7) is 2.80. The van der Waals surface area contributed by atoms with Crippen molar-refractivity contribution < 1.29 is 4.74 Å². The van der Waals surface area contributed by atoms with Crippen molar-refractivity contribution in [2.45, 2.75) is 12.3 Å². The Labute approximate surface area is 111 Å². The molecule has 2 heterocycles. The fraction of sp³-hybridized carbons (Fsp3) is 0.267. The van der Waals surface area contributed by atoms with Gasteiger partial charge in [-0.25, -0.2) is 9.97 Å². The number of aromatic nitrogens is 2. The molecule has 1 aromatic carbocycles. The van der Waals surface area contributed by atoms with Gasteiger partial charge in [0.25, 0.3) is 0 Å². The van der Waals surface area contributed by atoms with Crippen molar-refractivity contribution in [1.82, 2.24) is 9.97 Å². The monoisotopic (exact) mass is 251 g/mol. The van der Waals surface area contributed by atoms with Gasteiger partial charge in [-0.2, -0.15) is 5.26 Å². The van der Waals surface area contributed by atoms with Gasteiger partial charge in [0.05, 0.1) is 25.0 Å². The lowest BCUT2D eigenvalue weighted by molar-refractivity contribution is -0.0338. The van der Waals surface area contributed by atoms with E-state index in [-0.39, 0.29) is 0 Å². The van der Waals surface area contributed by atoms with Gasteiger partial charge in [-0.15, -0.1) is 0 Å². The van der Waals surface area contributed by atoms with E-state index in [4.69, 9.17) is 4.74 Å². The van der Waals surface area contributed by atoms with E-state index in [0.29, 0.717) is 19.0 Å². The summed E-state index contributed by atoms with van der Waals surface area (Å²) in [7, 11) is 0. The Morgan fingerprint density at radius 3 is 2.79 bits per heavy atom. The summed E-state index contributed by atoms with van der Waals surface area (Å²) < 4.78 is 5.15. The number of rotatable bonds is 2. The second kappa shape index (κ2) is 4.45. The van der Waals surface area contributed by atoms with Crippen LogP contribution in [0.15, 0.2) is 36.5 Å². The van der Waals surface area contributed by atoms with Crippen LogP contribution in [-0.2, 0) is 10.2 Å². The lowest BCUT2D eigenvalue weighted by atomic mass is 9.87. The fourth-order valence-electron chi connectivity index (χ4n) is 2.10. The summed E-state index contributed by atoms with van der Waals surface area (Å²) in [5.74, 6) is 0.556. The Balaban J connectivity index is 2.04. The van der Waals surface area contributed by atoms with Crippen molar-refractivity contribution >= 4 is 0 Å². The van der Waals surface area contributed by atoms with Gasteiger partial charge in [0, 0.05) is 11.8 Å². The van der Waals surface area contributed by atoms with Gasteiger partial charge in [-0.3, -0.25) is 0 Å². The largest absolute Gasteiger partial charge is 0.377 e. The molecule has 0 unspecified atom stereocenters. The molecule has 0 bridgehead atoms. The first-order valence-electron chi connectivity index (χ1n) is 6.13. The van der Waals surface area contributed by atoms with Crippen LogP contribution in [0.1, 0.15) is 11.4 Å². The van der Waals surface area contributed by atoms with Crippen molar-refractivity contribution in [3.8, 4) is 17.3 Å². The molecule has 1 aliphatic heterocycles. The van der Waals surface area contributed by atoms with Gasteiger partial charge in [-0.05, 0) is 19.1 Å². The zero-order valence-corrected chi connectivity index (χ0v) is 10.6. The number of nitriles is 1. The predicted octanol–water partition coefficient (Wildman–Crippen LogP) is 2.24. The van der Waals surface area contributed by atoms with Crippen molar-refractivity contribution in [2.24, 2.45) is 0 Å². The molecule has 19 heavy (non-hydrogen) atoms. The Hall–Kier alpha value is -2.25. The number of nitrogens with zero attached hydrogens (tertiary/aromatic N) is 3. The molecule has 0 spiro atoms. The summed E-state index contributed by atoms with van der Waals surface area (Å²) in [6, 6.07) is 12.3. The molecule has 0 N–H and O–H groups in total. The first kappa shape index (κ1) is 11.8. The van der Waals surface area contributed by atoms with E-state index < -0.39 is 5.41 Å².